The van der Waals surface area contributed by atoms with Crippen molar-refractivity contribution in [3.63, 3.8) is 0 Å². The molecule has 45 heavy (non-hydrogen) atoms. The number of fused-ring (bicyclic) bond motifs is 6. The number of H-pyrrole nitrogens is 1. The van der Waals surface area contributed by atoms with Crippen LogP contribution in [0.5, 0.6) is 0 Å². The molecule has 9 rings (SSSR count). The largest absolute Gasteiger partial charge is 0.387 e. The van der Waals surface area contributed by atoms with Gasteiger partial charge in [0.1, 0.15) is 47.5 Å². The van der Waals surface area contributed by atoms with E-state index in [9.17, 15) is 19.9 Å². The van der Waals surface area contributed by atoms with Crippen LogP contribution in [0.15, 0.2) is 36.2 Å². The average molecular weight is 665 g/mol. The lowest BCUT2D eigenvalue weighted by molar-refractivity contribution is -0.184. The molecule has 4 aliphatic rings. The molecule has 236 valence electrons. The van der Waals surface area contributed by atoms with Gasteiger partial charge in [-0.25, -0.2) is 33.7 Å². The second kappa shape index (κ2) is 9.06. The Kier molecular flexibility index (Phi) is 5.60. The summed E-state index contributed by atoms with van der Waals surface area (Å²) in [5.41, 5.74) is 2.30. The van der Waals surface area contributed by atoms with Crippen LogP contribution in [0.25, 0.3) is 28.1 Å². The van der Waals surface area contributed by atoms with Crippen LogP contribution in [0.2, 0.25) is 0 Å². The molecule has 2 unspecified atom stereocenters. The Bertz CT molecular complexity index is 2140. The van der Waals surface area contributed by atoms with E-state index in [0.717, 1.165) is 0 Å². The summed E-state index contributed by atoms with van der Waals surface area (Å²) in [4.78, 5) is 47.5. The van der Waals surface area contributed by atoms with Gasteiger partial charge in [-0.3, -0.25) is 18.5 Å². The molecule has 2 bridgehead atoms. The number of hydrogen-bond donors (Lipinski definition) is 5. The Hall–Kier alpha value is -3.50. The highest BCUT2D eigenvalue weighted by Crippen LogP contribution is 2.62. The number of nitrogens with zero attached hydrogens (tertiary/aromatic N) is 8. The highest BCUT2D eigenvalue weighted by atomic mass is 32.5. The number of aromatic nitrogens is 9. The molecule has 4 fully saturated rings. The van der Waals surface area contributed by atoms with Crippen LogP contribution in [0.3, 0.4) is 0 Å². The SMILES string of the molecule is Nc1ncnc2c1ncn2[C@@H]1O[C@@]2(COP(O)(=S)O[C@H]3[C@H](n4cnc5c(=O)n6ccnc6[nH]c54)O[C@@H]4C(O)[C@@]43F)CO[C@@H]1[C@@H]2O. The number of aliphatic hydroxyl groups excluding tert-OH is 2. The molecule has 5 aromatic heterocycles. The van der Waals surface area contributed by atoms with Crippen LogP contribution in [0.4, 0.5) is 10.2 Å². The number of ether oxygens (including phenoxy) is 3. The van der Waals surface area contributed by atoms with Crippen LogP contribution in [0.1, 0.15) is 12.5 Å². The van der Waals surface area contributed by atoms with Gasteiger partial charge in [-0.05, 0) is 11.8 Å². The second-order valence-electron chi connectivity index (χ2n) is 11.3. The molecular formula is C23H22FN10O9PS. The van der Waals surface area contributed by atoms with E-state index in [0.29, 0.717) is 11.2 Å². The average Bonchev–Trinajstić information content (AvgIpc) is 3.75. The quantitative estimate of drug-likeness (QED) is 0.123. The van der Waals surface area contributed by atoms with Crippen molar-refractivity contribution in [2.24, 2.45) is 0 Å². The zero-order chi connectivity index (χ0) is 31.0. The van der Waals surface area contributed by atoms with Gasteiger partial charge in [0.15, 0.2) is 41.2 Å². The Morgan fingerprint density at radius 2 is 1.96 bits per heavy atom. The fourth-order valence-electron chi connectivity index (χ4n) is 6.40. The number of nitrogens with two attached hydrogens (primary N) is 1. The third-order valence-electron chi connectivity index (χ3n) is 8.80. The van der Waals surface area contributed by atoms with Crippen molar-refractivity contribution in [1.29, 1.82) is 0 Å². The number of halogens is 1. The van der Waals surface area contributed by atoms with E-state index in [-0.39, 0.29) is 29.4 Å². The molecule has 5 aromatic rings. The van der Waals surface area contributed by atoms with Crippen molar-refractivity contribution in [1.82, 2.24) is 43.4 Å². The minimum absolute atomic E-state index is 0.00759. The molecule has 1 aliphatic carbocycles. The molecule has 0 aromatic carbocycles. The fourth-order valence-corrected chi connectivity index (χ4v) is 7.83. The van der Waals surface area contributed by atoms with Crippen LogP contribution in [0, 0.1) is 0 Å². The number of aromatic amines is 1. The summed E-state index contributed by atoms with van der Waals surface area (Å²) in [6.07, 6.45) is -2.04. The van der Waals surface area contributed by atoms with Crippen molar-refractivity contribution in [2.45, 2.75) is 54.2 Å². The number of anilines is 1. The van der Waals surface area contributed by atoms with Crippen LogP contribution in [-0.4, -0.2) is 114 Å². The Morgan fingerprint density at radius 1 is 1.16 bits per heavy atom. The topological polar surface area (TPSA) is 244 Å². The highest BCUT2D eigenvalue weighted by Gasteiger charge is 2.80. The predicted molar refractivity (Wildman–Crippen MR) is 149 cm³/mol. The summed E-state index contributed by atoms with van der Waals surface area (Å²) >= 11 is 5.26. The first kappa shape index (κ1) is 27.8. The lowest BCUT2D eigenvalue weighted by atomic mass is 10.0. The summed E-state index contributed by atoms with van der Waals surface area (Å²) in [7, 11) is 0. The summed E-state index contributed by atoms with van der Waals surface area (Å²) in [6.45, 7) is -4.94. The van der Waals surface area contributed by atoms with Crippen LogP contribution >= 0.6 is 6.72 Å². The van der Waals surface area contributed by atoms with Gasteiger partial charge in [0.25, 0.3) is 5.56 Å². The molecule has 19 nitrogen and oxygen atoms in total. The first-order chi connectivity index (χ1) is 21.5. The summed E-state index contributed by atoms with van der Waals surface area (Å²) in [5.74, 6) is 0.358. The van der Waals surface area contributed by atoms with Crippen molar-refractivity contribution < 1.29 is 42.8 Å². The van der Waals surface area contributed by atoms with Gasteiger partial charge < -0.3 is 44.6 Å². The van der Waals surface area contributed by atoms with E-state index >= 15 is 4.39 Å². The monoisotopic (exact) mass is 664 g/mol. The molecule has 1 saturated carbocycles. The fraction of sp³-hybridized carbons (Fsp3) is 0.478. The molecule has 0 spiro atoms. The highest BCUT2D eigenvalue weighted by molar-refractivity contribution is 8.07. The lowest BCUT2D eigenvalue weighted by Gasteiger charge is -2.33. The van der Waals surface area contributed by atoms with E-state index in [1.54, 1.807) is 0 Å². The summed E-state index contributed by atoms with van der Waals surface area (Å²) in [5, 5.41) is 21.4. The number of nitrogens with one attached hydrogen (secondary N) is 1. The van der Waals surface area contributed by atoms with Crippen molar-refractivity contribution in [3.8, 4) is 0 Å². The zero-order valence-corrected chi connectivity index (χ0v) is 24.2. The third kappa shape index (κ3) is 3.69. The lowest BCUT2D eigenvalue weighted by Crippen LogP contribution is -2.45. The minimum atomic E-state index is -4.32. The molecule has 3 saturated heterocycles. The number of rotatable bonds is 7. The number of aliphatic hydroxyl groups is 2. The maximum absolute atomic E-state index is 16.0. The van der Waals surface area contributed by atoms with Crippen LogP contribution in [-0.2, 0) is 35.1 Å². The second-order valence-corrected chi connectivity index (χ2v) is 14.1. The predicted octanol–water partition coefficient (Wildman–Crippen LogP) is -1.58. The van der Waals surface area contributed by atoms with E-state index in [2.05, 4.69) is 29.9 Å². The maximum Gasteiger partial charge on any atom is 0.325 e. The molecular weight excluding hydrogens is 642 g/mol. The minimum Gasteiger partial charge on any atom is -0.387 e. The maximum atomic E-state index is 16.0. The smallest absolute Gasteiger partial charge is 0.325 e. The first-order valence-electron chi connectivity index (χ1n) is 13.5. The van der Waals surface area contributed by atoms with Gasteiger partial charge in [-0.1, -0.05) is 0 Å². The molecule has 8 heterocycles. The molecule has 10 atom stereocenters. The summed E-state index contributed by atoms with van der Waals surface area (Å²) < 4.78 is 49.1. The van der Waals surface area contributed by atoms with Gasteiger partial charge in [-0.15, -0.1) is 0 Å². The Morgan fingerprint density at radius 3 is 2.80 bits per heavy atom. The molecule has 6 N–H and O–H groups in total. The van der Waals surface area contributed by atoms with Gasteiger partial charge >= 0.3 is 6.72 Å². The number of nitrogen functional groups attached to an aromatic ring is 1. The number of imidazole rings is 3. The first-order valence-corrected chi connectivity index (χ1v) is 16.1. The van der Waals surface area contributed by atoms with Gasteiger partial charge in [0, 0.05) is 12.4 Å². The standard InChI is InChI=1S/C23H22FN10O9PS/c24-23-12(36)13(23)41-20(34-7-30-9-17(34)31-21-26-1-2-32(21)18(9)37)14(23)43-44(38,45)40-4-22-3-39-10(11(22)35)19(42-22)33-6-29-8-15(25)27-5-28-16(8)33/h1-2,5-7,10-14,19-20,35-36H,3-4H2,(H,26,31)(H,38,45)(H2,25,27,28)/t10-,11+,12?,13-,14+,19-,20-,22-,23-,44?/m1/s1. The zero-order valence-electron chi connectivity index (χ0n) is 22.5. The normalized spacial score (nSPS) is 36.8. The molecule has 0 radical (unpaired) electrons. The molecule has 22 heteroatoms. The van der Waals surface area contributed by atoms with Crippen molar-refractivity contribution in [3.05, 3.63) is 41.7 Å². The summed E-state index contributed by atoms with van der Waals surface area (Å²) in [6, 6.07) is 0. The van der Waals surface area contributed by atoms with Gasteiger partial charge in [0.05, 0.1) is 25.9 Å². The van der Waals surface area contributed by atoms with Gasteiger partial charge in [0.2, 0.25) is 5.78 Å². The van der Waals surface area contributed by atoms with E-state index in [1.807, 2.05) is 0 Å². The van der Waals surface area contributed by atoms with Crippen molar-refractivity contribution >= 4 is 52.4 Å². The third-order valence-corrected chi connectivity index (χ3v) is 10.3. The van der Waals surface area contributed by atoms with E-state index < -0.39 is 73.1 Å². The van der Waals surface area contributed by atoms with E-state index in [1.165, 1.54) is 44.9 Å². The van der Waals surface area contributed by atoms with Crippen LogP contribution < -0.4 is 11.3 Å². The van der Waals surface area contributed by atoms with E-state index in [4.69, 9.17) is 40.8 Å². The van der Waals surface area contributed by atoms with Crippen molar-refractivity contribution in [2.75, 3.05) is 18.9 Å². The number of alkyl halides is 1. The van der Waals surface area contributed by atoms with Gasteiger partial charge in [-0.2, -0.15) is 0 Å². The molecule has 0 amide bonds. The molecule has 3 aliphatic heterocycles. The number of hydrogen-bond acceptors (Lipinski definition) is 15. The Labute approximate surface area is 253 Å². The Balaban J connectivity index is 0.978.